The molecule has 3 nitrogen and oxygen atoms in total. The molecule has 0 aromatic carbocycles. The average molecular weight is 376 g/mol. The van der Waals surface area contributed by atoms with Crippen LogP contribution in [0.5, 0.6) is 0 Å². The topological polar surface area (TPSA) is 9.72 Å². The van der Waals surface area contributed by atoms with Gasteiger partial charge in [-0.1, -0.05) is 0 Å². The van der Waals surface area contributed by atoms with Gasteiger partial charge in [0.2, 0.25) is 0 Å². The predicted octanol–water partition coefficient (Wildman–Crippen LogP) is 3.03. The molecule has 0 atom stereocenters. The summed E-state index contributed by atoms with van der Waals surface area (Å²) < 4.78 is 0. The van der Waals surface area contributed by atoms with Crippen molar-refractivity contribution in [1.82, 2.24) is 14.7 Å². The Bertz CT molecular complexity index is 167. The maximum absolute atomic E-state index is 4.89. The van der Waals surface area contributed by atoms with Crippen LogP contribution < -0.4 is 0 Å². The van der Waals surface area contributed by atoms with E-state index >= 15 is 0 Å². The number of halogens is 3. The second kappa shape index (κ2) is 13.0. The van der Waals surface area contributed by atoms with Gasteiger partial charge in [0.25, 0.3) is 0 Å². The van der Waals surface area contributed by atoms with Gasteiger partial charge >= 0.3 is 41.5 Å². The molecule has 0 aromatic rings. The van der Waals surface area contributed by atoms with Gasteiger partial charge in [0.1, 0.15) is 0 Å². The summed E-state index contributed by atoms with van der Waals surface area (Å²) in [6, 6.07) is 0. The van der Waals surface area contributed by atoms with Crippen molar-refractivity contribution in [3.8, 4) is 0 Å². The van der Waals surface area contributed by atoms with Crippen LogP contribution in [-0.2, 0) is 11.2 Å². The molecule has 0 N–H and O–H groups in total. The Morgan fingerprint density at radius 3 is 0.895 bits per heavy atom. The van der Waals surface area contributed by atoms with E-state index < -0.39 is 11.2 Å². The Morgan fingerprint density at radius 2 is 0.737 bits per heavy atom. The summed E-state index contributed by atoms with van der Waals surface area (Å²) in [5, 5.41) is 0. The summed E-state index contributed by atoms with van der Waals surface area (Å²) in [5.74, 6) is 0. The van der Waals surface area contributed by atoms with Gasteiger partial charge in [-0.25, -0.2) is 0 Å². The first-order valence-corrected chi connectivity index (χ1v) is 11.2. The van der Waals surface area contributed by atoms with E-state index in [2.05, 4.69) is 35.8 Å². The van der Waals surface area contributed by atoms with Crippen LogP contribution in [0.3, 0.4) is 0 Å². The minimum absolute atomic E-state index is 1.24. The van der Waals surface area contributed by atoms with Gasteiger partial charge in [-0.3, -0.25) is 0 Å². The quantitative estimate of drug-likeness (QED) is 0.603. The fraction of sp³-hybridized carbons (Fsp3) is 1.00. The number of nitrogens with zero attached hydrogens (tertiary/aromatic N) is 3. The van der Waals surface area contributed by atoms with E-state index in [-0.39, 0.29) is 0 Å². The van der Waals surface area contributed by atoms with Crippen molar-refractivity contribution in [2.24, 2.45) is 0 Å². The maximum atomic E-state index is 4.89. The van der Waals surface area contributed by atoms with Crippen LogP contribution in [0.15, 0.2) is 0 Å². The normalized spacial score (nSPS) is 22.7. The summed E-state index contributed by atoms with van der Waals surface area (Å²) in [6.07, 6.45) is 3.93. The monoisotopic (exact) mass is 374 g/mol. The number of rotatable bonds is 0. The molecule has 0 aromatic heterocycles. The molecule has 19 heavy (non-hydrogen) atoms. The van der Waals surface area contributed by atoms with Crippen LogP contribution in [0.2, 0.25) is 0 Å². The van der Waals surface area contributed by atoms with Crippen molar-refractivity contribution in [2.75, 3.05) is 60.4 Å². The predicted molar refractivity (Wildman–Crippen MR) is 83.9 cm³/mol. The first-order valence-electron chi connectivity index (χ1n) is 6.64. The molecule has 1 aliphatic rings. The number of hydrogen-bond donors (Lipinski definition) is 0. The van der Waals surface area contributed by atoms with Crippen molar-refractivity contribution in [3.05, 3.63) is 0 Å². The Kier molecular flexibility index (Phi) is 13.8. The molecule has 0 aliphatic carbocycles. The zero-order valence-electron chi connectivity index (χ0n) is 12.2. The summed E-state index contributed by atoms with van der Waals surface area (Å²) >= 11 is -1.33. The molecule has 0 saturated carbocycles. The standard InChI is InChI=1S/C12H27N3.3ClH.Fe/c1-13-7-4-9-14(2)11-6-12-15(3)10-5-8-13;;;;/h4-12H2,1-3H3;3*1H;/q;;;;+3/p-3. The van der Waals surface area contributed by atoms with Crippen LogP contribution in [0, 0.1) is 0 Å². The SMILES string of the molecule is CN1CCCN(C)CCCN(C)CCC1.[Cl][Fe]([Cl])[Cl]. The van der Waals surface area contributed by atoms with Gasteiger partial charge in [0.15, 0.2) is 0 Å². The zero-order valence-corrected chi connectivity index (χ0v) is 15.6. The van der Waals surface area contributed by atoms with Gasteiger partial charge in [-0.2, -0.15) is 0 Å². The molecule has 1 rings (SSSR count). The van der Waals surface area contributed by atoms with Crippen LogP contribution in [0.4, 0.5) is 0 Å². The molecule has 0 radical (unpaired) electrons. The van der Waals surface area contributed by atoms with Crippen molar-refractivity contribution >= 4 is 30.3 Å². The summed E-state index contributed by atoms with van der Waals surface area (Å²) in [4.78, 5) is 7.38. The van der Waals surface area contributed by atoms with Gasteiger partial charge < -0.3 is 14.7 Å². The average Bonchev–Trinajstić information content (AvgIpc) is 2.26. The van der Waals surface area contributed by atoms with Crippen molar-refractivity contribution < 1.29 is 11.2 Å². The Morgan fingerprint density at radius 1 is 0.579 bits per heavy atom. The zero-order chi connectivity index (χ0) is 14.7. The van der Waals surface area contributed by atoms with E-state index in [1.807, 2.05) is 0 Å². The van der Waals surface area contributed by atoms with Crippen LogP contribution in [0.25, 0.3) is 0 Å². The van der Waals surface area contributed by atoms with E-state index in [0.29, 0.717) is 0 Å². The third-order valence-electron chi connectivity index (χ3n) is 3.24. The second-order valence-electron chi connectivity index (χ2n) is 5.12. The Labute approximate surface area is 135 Å². The number of hydrogen-bond acceptors (Lipinski definition) is 3. The molecule has 0 unspecified atom stereocenters. The molecule has 1 heterocycles. The molecule has 0 spiro atoms. The first kappa shape index (κ1) is 20.3. The molecule has 0 amide bonds. The van der Waals surface area contributed by atoms with Gasteiger partial charge in [-0.05, 0) is 79.7 Å². The van der Waals surface area contributed by atoms with Crippen molar-refractivity contribution in [1.29, 1.82) is 0 Å². The molecule has 119 valence electrons. The van der Waals surface area contributed by atoms with E-state index in [4.69, 9.17) is 30.3 Å². The fourth-order valence-corrected chi connectivity index (χ4v) is 2.17. The molecule has 0 bridgehead atoms. The van der Waals surface area contributed by atoms with Gasteiger partial charge in [-0.15, -0.1) is 0 Å². The summed E-state index contributed by atoms with van der Waals surface area (Å²) in [5.41, 5.74) is 0. The Hall–Kier alpha value is 1.27. The van der Waals surface area contributed by atoms with E-state index in [1.54, 1.807) is 0 Å². The molecule has 7 heteroatoms. The molecular weight excluding hydrogens is 348 g/mol. The van der Waals surface area contributed by atoms with Crippen molar-refractivity contribution in [2.45, 2.75) is 19.3 Å². The summed E-state index contributed by atoms with van der Waals surface area (Å²) in [7, 11) is 21.4. The molecule has 1 saturated heterocycles. The minimum atomic E-state index is -1.33. The van der Waals surface area contributed by atoms with Gasteiger partial charge in [0.05, 0.1) is 0 Å². The third kappa shape index (κ3) is 15.5. The van der Waals surface area contributed by atoms with Crippen molar-refractivity contribution in [3.63, 3.8) is 0 Å². The van der Waals surface area contributed by atoms with Crippen LogP contribution in [0.1, 0.15) is 19.3 Å². The van der Waals surface area contributed by atoms with Gasteiger partial charge in [0, 0.05) is 0 Å². The second-order valence-corrected chi connectivity index (χ2v) is 10.6. The van der Waals surface area contributed by atoms with E-state index in [9.17, 15) is 0 Å². The molecule has 1 fully saturated rings. The van der Waals surface area contributed by atoms with Crippen LogP contribution >= 0.6 is 30.3 Å². The Balaban J connectivity index is 0.000000711. The molecular formula is C12H27Cl3FeN3. The van der Waals surface area contributed by atoms with Crippen LogP contribution in [-0.4, -0.2) is 75.1 Å². The van der Waals surface area contributed by atoms with E-state index in [1.165, 1.54) is 58.5 Å². The fourth-order valence-electron chi connectivity index (χ4n) is 2.17. The van der Waals surface area contributed by atoms with E-state index in [0.717, 1.165) is 0 Å². The third-order valence-corrected chi connectivity index (χ3v) is 3.24. The first-order chi connectivity index (χ1) is 8.91. The molecule has 1 aliphatic heterocycles. The summed E-state index contributed by atoms with van der Waals surface area (Å²) in [6.45, 7) is 7.46.